The number of hydrogen-bond donors (Lipinski definition) is 0. The third-order valence-corrected chi connectivity index (χ3v) is 5.30. The van der Waals surface area contributed by atoms with Crippen molar-refractivity contribution in [2.45, 2.75) is 50.9 Å². The molecule has 3 rings (SSSR count). The molecule has 1 aromatic rings. The van der Waals surface area contributed by atoms with Gasteiger partial charge in [-0.25, -0.2) is 0 Å². The Morgan fingerprint density at radius 3 is 2.32 bits per heavy atom. The van der Waals surface area contributed by atoms with Crippen molar-refractivity contribution in [1.29, 1.82) is 0 Å². The minimum Gasteiger partial charge on any atom is -0.300 e. The number of piperidine rings is 1. The molecule has 2 saturated heterocycles. The summed E-state index contributed by atoms with van der Waals surface area (Å²) in [6.45, 7) is 1.42. The Morgan fingerprint density at radius 1 is 1.18 bits per heavy atom. The number of hydrogen-bond acceptors (Lipinski definition) is 2. The van der Waals surface area contributed by atoms with Crippen molar-refractivity contribution in [3.63, 3.8) is 0 Å². The zero-order valence-corrected chi connectivity index (χ0v) is 12.8. The summed E-state index contributed by atoms with van der Waals surface area (Å²) in [6, 6.07) is 4.77. The van der Waals surface area contributed by atoms with E-state index < -0.39 is 11.7 Å². The van der Waals surface area contributed by atoms with Gasteiger partial charge in [-0.3, -0.25) is 4.79 Å². The van der Waals surface area contributed by atoms with Crippen molar-refractivity contribution in [3.05, 3.63) is 34.9 Å². The van der Waals surface area contributed by atoms with E-state index in [0.717, 1.165) is 31.7 Å². The molecule has 2 fully saturated rings. The van der Waals surface area contributed by atoms with Crippen LogP contribution in [-0.4, -0.2) is 29.8 Å². The topological polar surface area (TPSA) is 20.3 Å². The fourth-order valence-electron chi connectivity index (χ4n) is 3.94. The lowest BCUT2D eigenvalue weighted by molar-refractivity contribution is -0.138. The summed E-state index contributed by atoms with van der Waals surface area (Å²) < 4.78 is 39.0. The Balaban J connectivity index is 1.84. The first-order valence-electron chi connectivity index (χ1n) is 7.71. The highest BCUT2D eigenvalue weighted by molar-refractivity contribution is 5.98. The third kappa shape index (κ3) is 2.67. The number of carbonyl (C=O) groups is 1. The molecule has 0 radical (unpaired) electrons. The lowest BCUT2D eigenvalue weighted by Gasteiger charge is -2.35. The molecule has 1 aromatic carbocycles. The first kappa shape index (κ1) is 15.5. The number of alkyl halides is 3. The number of rotatable bonds is 2. The molecule has 2 heterocycles. The van der Waals surface area contributed by atoms with Crippen LogP contribution in [0.1, 0.15) is 47.2 Å². The van der Waals surface area contributed by atoms with E-state index >= 15 is 0 Å². The quantitative estimate of drug-likeness (QED) is 0.767. The van der Waals surface area contributed by atoms with Gasteiger partial charge >= 0.3 is 6.18 Å². The van der Waals surface area contributed by atoms with E-state index in [1.165, 1.54) is 19.1 Å². The lowest BCUT2D eigenvalue weighted by atomic mass is 9.84. The van der Waals surface area contributed by atoms with Crippen LogP contribution in [0, 0.1) is 12.8 Å². The van der Waals surface area contributed by atoms with E-state index in [0.29, 0.717) is 12.1 Å². The highest BCUT2D eigenvalue weighted by atomic mass is 19.4. The van der Waals surface area contributed by atoms with Crippen LogP contribution in [0.2, 0.25) is 0 Å². The van der Waals surface area contributed by atoms with Gasteiger partial charge in [-0.05, 0) is 51.3 Å². The second-order valence-corrected chi connectivity index (χ2v) is 6.61. The molecule has 120 valence electrons. The van der Waals surface area contributed by atoms with Gasteiger partial charge in [0.1, 0.15) is 0 Å². The van der Waals surface area contributed by atoms with Gasteiger partial charge in [0.05, 0.1) is 5.56 Å². The Hall–Kier alpha value is -1.36. The van der Waals surface area contributed by atoms with Crippen molar-refractivity contribution >= 4 is 5.78 Å². The predicted octanol–water partition coefficient (Wildman–Crippen LogP) is 4.07. The van der Waals surface area contributed by atoms with Crippen LogP contribution in [0.5, 0.6) is 0 Å². The van der Waals surface area contributed by atoms with E-state index in [-0.39, 0.29) is 22.8 Å². The minimum absolute atomic E-state index is 0.129. The van der Waals surface area contributed by atoms with Gasteiger partial charge in [0.2, 0.25) is 0 Å². The largest absolute Gasteiger partial charge is 0.416 e. The summed E-state index contributed by atoms with van der Waals surface area (Å²) in [4.78, 5) is 14.9. The summed E-state index contributed by atoms with van der Waals surface area (Å²) in [5.41, 5.74) is -0.339. The maximum absolute atomic E-state index is 13.0. The molecule has 22 heavy (non-hydrogen) atoms. The molecule has 0 N–H and O–H groups in total. The van der Waals surface area contributed by atoms with E-state index in [1.807, 2.05) is 0 Å². The highest BCUT2D eigenvalue weighted by Gasteiger charge is 2.41. The number of halogens is 3. The van der Waals surface area contributed by atoms with Crippen LogP contribution in [0.3, 0.4) is 0 Å². The van der Waals surface area contributed by atoms with Gasteiger partial charge in [-0.15, -0.1) is 0 Å². The number of aryl methyl sites for hydroxylation is 1. The van der Waals surface area contributed by atoms with Crippen LogP contribution in [-0.2, 0) is 6.18 Å². The maximum Gasteiger partial charge on any atom is 0.416 e. The zero-order valence-electron chi connectivity index (χ0n) is 12.8. The second kappa shape index (κ2) is 5.37. The van der Waals surface area contributed by atoms with Crippen LogP contribution in [0.4, 0.5) is 13.2 Å². The number of ketones is 1. The van der Waals surface area contributed by atoms with Crippen molar-refractivity contribution in [3.8, 4) is 0 Å². The van der Waals surface area contributed by atoms with Gasteiger partial charge in [0, 0.05) is 23.6 Å². The minimum atomic E-state index is -4.41. The van der Waals surface area contributed by atoms with Crippen LogP contribution < -0.4 is 0 Å². The number of fused-ring (bicyclic) bond motifs is 2. The second-order valence-electron chi connectivity index (χ2n) is 6.61. The highest BCUT2D eigenvalue weighted by Crippen LogP contribution is 2.39. The Labute approximate surface area is 128 Å². The molecule has 0 aromatic heterocycles. The summed E-state index contributed by atoms with van der Waals surface area (Å²) >= 11 is 0. The molecule has 2 aliphatic rings. The van der Waals surface area contributed by atoms with E-state index in [2.05, 4.69) is 11.9 Å². The van der Waals surface area contributed by atoms with Crippen molar-refractivity contribution in [2.75, 3.05) is 7.05 Å². The molecule has 0 amide bonds. The summed E-state index contributed by atoms with van der Waals surface area (Å²) in [6.07, 6.45) is -0.701. The smallest absolute Gasteiger partial charge is 0.300 e. The van der Waals surface area contributed by atoms with E-state index in [9.17, 15) is 18.0 Å². The van der Waals surface area contributed by atoms with Gasteiger partial charge in [0.25, 0.3) is 0 Å². The Kier molecular flexibility index (Phi) is 3.79. The first-order chi connectivity index (χ1) is 10.3. The van der Waals surface area contributed by atoms with Crippen molar-refractivity contribution in [1.82, 2.24) is 4.90 Å². The van der Waals surface area contributed by atoms with E-state index in [1.54, 1.807) is 0 Å². The standard InChI is InChI=1S/C17H20F3NO/c1-10-3-4-11(9-15(10)17(18,19)20)16(22)12-7-13-5-6-14(8-12)21(13)2/h3-4,9,12-14H,5-8H2,1-2H3. The molecule has 0 aliphatic carbocycles. The monoisotopic (exact) mass is 311 g/mol. The molecule has 0 spiro atoms. The summed E-state index contributed by atoms with van der Waals surface area (Å²) in [5, 5.41) is 0. The Morgan fingerprint density at radius 2 is 1.77 bits per heavy atom. The molecular weight excluding hydrogens is 291 g/mol. The van der Waals surface area contributed by atoms with Crippen molar-refractivity contribution in [2.24, 2.45) is 5.92 Å². The molecule has 2 atom stereocenters. The molecule has 2 aliphatic heterocycles. The molecule has 5 heteroatoms. The van der Waals surface area contributed by atoms with Crippen LogP contribution >= 0.6 is 0 Å². The first-order valence-corrected chi connectivity index (χ1v) is 7.71. The average Bonchev–Trinajstić information content (AvgIpc) is 2.67. The van der Waals surface area contributed by atoms with Crippen LogP contribution in [0.15, 0.2) is 18.2 Å². The number of nitrogens with zero attached hydrogens (tertiary/aromatic N) is 1. The van der Waals surface area contributed by atoms with Gasteiger partial charge in [-0.1, -0.05) is 12.1 Å². The maximum atomic E-state index is 13.0. The van der Waals surface area contributed by atoms with E-state index in [4.69, 9.17) is 0 Å². The summed E-state index contributed by atoms with van der Waals surface area (Å²) in [5.74, 6) is -0.270. The molecule has 0 saturated carbocycles. The molecule has 2 nitrogen and oxygen atoms in total. The SMILES string of the molecule is Cc1ccc(C(=O)C2CC3CCC(C2)N3C)cc1C(F)(F)F. The van der Waals surface area contributed by atoms with Crippen LogP contribution in [0.25, 0.3) is 0 Å². The van der Waals surface area contributed by atoms with Gasteiger partial charge < -0.3 is 4.90 Å². The third-order valence-electron chi connectivity index (χ3n) is 5.30. The van der Waals surface area contributed by atoms with Gasteiger partial charge in [-0.2, -0.15) is 13.2 Å². The fraction of sp³-hybridized carbons (Fsp3) is 0.588. The molecule has 2 unspecified atom stereocenters. The van der Waals surface area contributed by atoms with Gasteiger partial charge in [0.15, 0.2) is 5.78 Å². The number of carbonyl (C=O) groups excluding carboxylic acids is 1. The normalized spacial score (nSPS) is 28.9. The average molecular weight is 311 g/mol. The number of Topliss-reactive ketones (excluding diaryl/α,β-unsaturated/α-hetero) is 1. The molecular formula is C17H20F3NO. The predicted molar refractivity (Wildman–Crippen MR) is 77.8 cm³/mol. The fourth-order valence-corrected chi connectivity index (χ4v) is 3.94. The Bertz CT molecular complexity index is 582. The summed E-state index contributed by atoms with van der Waals surface area (Å²) in [7, 11) is 2.08. The zero-order chi connectivity index (χ0) is 16.1. The lowest BCUT2D eigenvalue weighted by Crippen LogP contribution is -2.42. The number of benzene rings is 1. The van der Waals surface area contributed by atoms with Crippen molar-refractivity contribution < 1.29 is 18.0 Å². The molecule has 2 bridgehead atoms.